The number of likely N-dealkylation sites (tertiary alicyclic amines) is 1. The van der Waals surface area contributed by atoms with Crippen LogP contribution in [0.3, 0.4) is 0 Å². The quantitative estimate of drug-likeness (QED) is 0.345. The maximum Gasteiger partial charge on any atom is 0.220 e. The van der Waals surface area contributed by atoms with Crippen molar-refractivity contribution in [3.05, 3.63) is 59.6 Å². The second kappa shape index (κ2) is 11.5. The van der Waals surface area contributed by atoms with E-state index >= 15 is 0 Å². The standard InChI is InChI=1S/C24H28ClN5OS/c25-21-12-5-4-11-20(21)23-27-28-24(30(23)19-9-2-1-3-10-19)32-18-8-13-22(31)26-14-17-29-15-6-7-16-29/h1-5,9-12H,6-8,13-18H2,(H,26,31). The molecule has 4 rings (SSSR count). The number of thioether (sulfide) groups is 1. The van der Waals surface area contributed by atoms with Gasteiger partial charge in [-0.05, 0) is 56.6 Å². The Labute approximate surface area is 198 Å². The topological polar surface area (TPSA) is 63.1 Å². The van der Waals surface area contributed by atoms with Crippen LogP contribution in [0.2, 0.25) is 5.02 Å². The smallest absolute Gasteiger partial charge is 0.220 e. The molecule has 1 saturated heterocycles. The van der Waals surface area contributed by atoms with Crippen molar-refractivity contribution in [2.75, 3.05) is 31.9 Å². The predicted molar refractivity (Wildman–Crippen MR) is 130 cm³/mol. The fourth-order valence-corrected chi connectivity index (χ4v) is 4.95. The van der Waals surface area contributed by atoms with Crippen LogP contribution in [0.5, 0.6) is 0 Å². The summed E-state index contributed by atoms with van der Waals surface area (Å²) in [5, 5.41) is 13.3. The van der Waals surface area contributed by atoms with Crippen LogP contribution in [-0.2, 0) is 4.79 Å². The second-order valence-corrected chi connectivity index (χ2v) is 9.28. The van der Waals surface area contributed by atoms with Crippen molar-refractivity contribution in [2.45, 2.75) is 30.8 Å². The van der Waals surface area contributed by atoms with Crippen molar-refractivity contribution in [1.82, 2.24) is 25.0 Å². The number of hydrogen-bond donors (Lipinski definition) is 1. The summed E-state index contributed by atoms with van der Waals surface area (Å²) in [5.41, 5.74) is 1.82. The van der Waals surface area contributed by atoms with Gasteiger partial charge in [0.2, 0.25) is 5.91 Å². The van der Waals surface area contributed by atoms with Gasteiger partial charge in [0.15, 0.2) is 11.0 Å². The third-order valence-corrected chi connectivity index (χ3v) is 6.84. The first-order chi connectivity index (χ1) is 15.7. The Hall–Kier alpha value is -2.35. The highest BCUT2D eigenvalue weighted by atomic mass is 35.5. The van der Waals surface area contributed by atoms with Gasteiger partial charge in [-0.2, -0.15) is 0 Å². The Bertz CT molecular complexity index is 1020. The molecule has 0 radical (unpaired) electrons. The van der Waals surface area contributed by atoms with Crippen LogP contribution in [0.15, 0.2) is 59.8 Å². The number of halogens is 1. The number of aromatic nitrogens is 3. The highest BCUT2D eigenvalue weighted by Gasteiger charge is 2.18. The molecule has 0 bridgehead atoms. The molecule has 6 nitrogen and oxygen atoms in total. The van der Waals surface area contributed by atoms with Crippen LogP contribution < -0.4 is 5.32 Å². The van der Waals surface area contributed by atoms with E-state index in [2.05, 4.69) is 20.4 Å². The van der Waals surface area contributed by atoms with E-state index in [1.54, 1.807) is 11.8 Å². The van der Waals surface area contributed by atoms with Gasteiger partial charge in [0.1, 0.15) is 0 Å². The molecule has 1 fully saturated rings. The Kier molecular flexibility index (Phi) is 8.20. The van der Waals surface area contributed by atoms with E-state index < -0.39 is 0 Å². The lowest BCUT2D eigenvalue weighted by Gasteiger charge is -2.14. The highest BCUT2D eigenvalue weighted by Crippen LogP contribution is 2.32. The van der Waals surface area contributed by atoms with E-state index in [-0.39, 0.29) is 5.91 Å². The minimum Gasteiger partial charge on any atom is -0.355 e. The summed E-state index contributed by atoms with van der Waals surface area (Å²) < 4.78 is 2.03. The van der Waals surface area contributed by atoms with E-state index in [9.17, 15) is 4.79 Å². The summed E-state index contributed by atoms with van der Waals surface area (Å²) in [6.45, 7) is 4.00. The molecular weight excluding hydrogens is 442 g/mol. The summed E-state index contributed by atoms with van der Waals surface area (Å²) in [6.07, 6.45) is 3.85. The van der Waals surface area contributed by atoms with Gasteiger partial charge in [0.25, 0.3) is 0 Å². The Morgan fingerprint density at radius 2 is 1.78 bits per heavy atom. The van der Waals surface area contributed by atoms with Gasteiger partial charge in [-0.15, -0.1) is 10.2 Å². The lowest BCUT2D eigenvalue weighted by atomic mass is 10.2. The second-order valence-electron chi connectivity index (χ2n) is 7.81. The molecule has 2 heterocycles. The number of carbonyl (C=O) groups is 1. The molecule has 2 aromatic carbocycles. The van der Waals surface area contributed by atoms with Gasteiger partial charge >= 0.3 is 0 Å². The summed E-state index contributed by atoms with van der Waals surface area (Å²) in [5.74, 6) is 1.61. The molecule has 0 aliphatic carbocycles. The number of benzene rings is 2. The first-order valence-corrected chi connectivity index (χ1v) is 12.5. The van der Waals surface area contributed by atoms with Crippen molar-refractivity contribution >= 4 is 29.3 Å². The number of hydrogen-bond acceptors (Lipinski definition) is 5. The van der Waals surface area contributed by atoms with Gasteiger partial charge in [0.05, 0.1) is 5.02 Å². The molecule has 1 N–H and O–H groups in total. The molecule has 168 valence electrons. The van der Waals surface area contributed by atoms with Crippen LogP contribution in [-0.4, -0.2) is 57.5 Å². The number of carbonyl (C=O) groups excluding carboxylic acids is 1. The molecule has 1 amide bonds. The summed E-state index contributed by atoms with van der Waals surface area (Å²) in [4.78, 5) is 14.6. The van der Waals surface area contributed by atoms with Gasteiger partial charge in [0, 0.05) is 36.5 Å². The zero-order chi connectivity index (χ0) is 22.2. The Morgan fingerprint density at radius 3 is 2.56 bits per heavy atom. The number of nitrogens with zero attached hydrogens (tertiary/aromatic N) is 4. The van der Waals surface area contributed by atoms with E-state index in [1.165, 1.54) is 12.8 Å². The SMILES string of the molecule is O=C(CCCSc1nnc(-c2ccccc2Cl)n1-c1ccccc1)NCCN1CCCC1. The van der Waals surface area contributed by atoms with Crippen LogP contribution in [0, 0.1) is 0 Å². The fraction of sp³-hybridized carbons (Fsp3) is 0.375. The van der Waals surface area contributed by atoms with Crippen LogP contribution in [0.25, 0.3) is 17.1 Å². The molecule has 0 spiro atoms. The van der Waals surface area contributed by atoms with E-state index in [1.807, 2.05) is 59.2 Å². The monoisotopic (exact) mass is 469 g/mol. The first kappa shape index (κ1) is 22.8. The average Bonchev–Trinajstić information content (AvgIpc) is 3.48. The average molecular weight is 470 g/mol. The largest absolute Gasteiger partial charge is 0.355 e. The fourth-order valence-electron chi connectivity index (χ4n) is 3.83. The third-order valence-electron chi connectivity index (χ3n) is 5.49. The number of amides is 1. The van der Waals surface area contributed by atoms with Crippen molar-refractivity contribution in [1.29, 1.82) is 0 Å². The molecule has 0 unspecified atom stereocenters. The number of para-hydroxylation sites is 1. The van der Waals surface area contributed by atoms with Crippen LogP contribution in [0.1, 0.15) is 25.7 Å². The third kappa shape index (κ3) is 5.91. The van der Waals surface area contributed by atoms with Crippen molar-refractivity contribution in [3.63, 3.8) is 0 Å². The van der Waals surface area contributed by atoms with Crippen molar-refractivity contribution in [3.8, 4) is 17.1 Å². The molecule has 0 atom stereocenters. The Balaban J connectivity index is 1.35. The molecule has 32 heavy (non-hydrogen) atoms. The molecule has 3 aromatic rings. The maximum atomic E-state index is 12.2. The van der Waals surface area contributed by atoms with Gasteiger partial charge in [-0.1, -0.05) is 53.7 Å². The van der Waals surface area contributed by atoms with Crippen molar-refractivity contribution in [2.24, 2.45) is 0 Å². The minimum atomic E-state index is 0.117. The molecule has 8 heteroatoms. The number of nitrogens with one attached hydrogen (secondary N) is 1. The first-order valence-electron chi connectivity index (χ1n) is 11.1. The molecule has 0 saturated carbocycles. The molecule has 1 aliphatic rings. The van der Waals surface area contributed by atoms with Crippen molar-refractivity contribution < 1.29 is 4.79 Å². The van der Waals surface area contributed by atoms with Crippen LogP contribution in [0.4, 0.5) is 0 Å². The predicted octanol–water partition coefficient (Wildman–Crippen LogP) is 4.67. The van der Waals surface area contributed by atoms with Gasteiger partial charge in [-0.3, -0.25) is 9.36 Å². The maximum absolute atomic E-state index is 12.2. The van der Waals surface area contributed by atoms with Crippen LogP contribution >= 0.6 is 23.4 Å². The lowest BCUT2D eigenvalue weighted by molar-refractivity contribution is -0.121. The highest BCUT2D eigenvalue weighted by molar-refractivity contribution is 7.99. The normalized spacial score (nSPS) is 14.0. The Morgan fingerprint density at radius 1 is 1.03 bits per heavy atom. The van der Waals surface area contributed by atoms with Gasteiger partial charge < -0.3 is 10.2 Å². The molecule has 1 aliphatic heterocycles. The molecule has 1 aromatic heterocycles. The van der Waals surface area contributed by atoms with E-state index in [0.717, 1.165) is 54.8 Å². The minimum absolute atomic E-state index is 0.117. The van der Waals surface area contributed by atoms with Gasteiger partial charge in [-0.25, -0.2) is 0 Å². The zero-order valence-corrected chi connectivity index (χ0v) is 19.6. The summed E-state index contributed by atoms with van der Waals surface area (Å²) in [6, 6.07) is 17.7. The van der Waals surface area contributed by atoms with E-state index in [0.29, 0.717) is 17.3 Å². The zero-order valence-electron chi connectivity index (χ0n) is 18.0. The number of rotatable bonds is 10. The molecular formula is C24H28ClN5OS. The summed E-state index contributed by atoms with van der Waals surface area (Å²) in [7, 11) is 0. The van der Waals surface area contributed by atoms with E-state index in [4.69, 9.17) is 11.6 Å². The lowest BCUT2D eigenvalue weighted by Crippen LogP contribution is -2.33. The summed E-state index contributed by atoms with van der Waals surface area (Å²) >= 11 is 8.04.